The Bertz CT molecular complexity index is 321. The van der Waals surface area contributed by atoms with Crippen LogP contribution in [0.1, 0.15) is 12.8 Å². The molecule has 96 valence electrons. The number of ether oxygens (including phenoxy) is 1. The molecular formula is C11H19N3O3. The Morgan fingerprint density at radius 1 is 1.65 bits per heavy atom. The van der Waals surface area contributed by atoms with Gasteiger partial charge in [-0.15, -0.1) is 0 Å². The lowest BCUT2D eigenvalue weighted by atomic mass is 9.86. The van der Waals surface area contributed by atoms with E-state index in [1.165, 1.54) is 0 Å². The van der Waals surface area contributed by atoms with Gasteiger partial charge in [-0.05, 0) is 6.42 Å². The number of carbonyl (C=O) groups excluding carboxylic acids is 2. The second-order valence-electron chi connectivity index (χ2n) is 4.85. The van der Waals surface area contributed by atoms with Gasteiger partial charge in [-0.1, -0.05) is 0 Å². The molecule has 2 saturated heterocycles. The molecule has 0 aromatic heterocycles. The Kier molecular flexibility index (Phi) is 3.51. The summed E-state index contributed by atoms with van der Waals surface area (Å²) in [6.45, 7) is 3.15. The molecule has 2 aliphatic rings. The second kappa shape index (κ2) is 4.91. The zero-order valence-corrected chi connectivity index (χ0v) is 10.1. The highest BCUT2D eigenvalue weighted by Crippen LogP contribution is 2.36. The molecular weight excluding hydrogens is 222 g/mol. The van der Waals surface area contributed by atoms with Crippen molar-refractivity contribution in [2.45, 2.75) is 12.8 Å². The summed E-state index contributed by atoms with van der Waals surface area (Å²) in [5, 5.41) is 5.65. The highest BCUT2D eigenvalue weighted by molar-refractivity contribution is 5.80. The van der Waals surface area contributed by atoms with E-state index < -0.39 is 0 Å². The first-order valence-electron chi connectivity index (χ1n) is 5.94. The van der Waals surface area contributed by atoms with Gasteiger partial charge in [-0.2, -0.15) is 0 Å². The highest BCUT2D eigenvalue weighted by atomic mass is 16.5. The summed E-state index contributed by atoms with van der Waals surface area (Å²) in [7, 11) is 1.60. The number of nitrogens with zero attached hydrogens (tertiary/aromatic N) is 1. The third kappa shape index (κ3) is 2.69. The predicted molar refractivity (Wildman–Crippen MR) is 61.5 cm³/mol. The lowest BCUT2D eigenvalue weighted by Gasteiger charge is -2.22. The number of amides is 3. The van der Waals surface area contributed by atoms with Gasteiger partial charge in [0.1, 0.15) is 0 Å². The van der Waals surface area contributed by atoms with Crippen LogP contribution in [0, 0.1) is 5.41 Å². The molecule has 2 heterocycles. The standard InChI is InChI=1S/C11H19N3O3/c1-17-5-3-12-10(16)14-4-2-11(8-14)6-9(15)13-7-11/h2-8H2,1H3,(H,12,16)(H,13,15). The van der Waals surface area contributed by atoms with Crippen molar-refractivity contribution in [3.63, 3.8) is 0 Å². The molecule has 0 aliphatic carbocycles. The molecule has 2 aliphatic heterocycles. The Morgan fingerprint density at radius 3 is 3.12 bits per heavy atom. The van der Waals surface area contributed by atoms with Crippen molar-refractivity contribution in [3.8, 4) is 0 Å². The van der Waals surface area contributed by atoms with Crippen LogP contribution in [-0.2, 0) is 9.53 Å². The number of likely N-dealkylation sites (tertiary alicyclic amines) is 1. The lowest BCUT2D eigenvalue weighted by molar-refractivity contribution is -0.119. The number of methoxy groups -OCH3 is 1. The van der Waals surface area contributed by atoms with Crippen LogP contribution in [0.5, 0.6) is 0 Å². The number of urea groups is 1. The summed E-state index contributed by atoms with van der Waals surface area (Å²) >= 11 is 0. The van der Waals surface area contributed by atoms with E-state index >= 15 is 0 Å². The first kappa shape index (κ1) is 12.2. The van der Waals surface area contributed by atoms with Crippen LogP contribution < -0.4 is 10.6 Å². The maximum atomic E-state index is 11.8. The molecule has 1 unspecified atom stereocenters. The Labute approximate surface area is 101 Å². The molecule has 1 atom stereocenters. The summed E-state index contributed by atoms with van der Waals surface area (Å²) in [6, 6.07) is -0.0572. The predicted octanol–water partition coefficient (Wildman–Crippen LogP) is -0.446. The zero-order valence-electron chi connectivity index (χ0n) is 10.1. The van der Waals surface area contributed by atoms with E-state index in [1.54, 1.807) is 12.0 Å². The Hall–Kier alpha value is -1.30. The molecule has 6 nitrogen and oxygen atoms in total. The van der Waals surface area contributed by atoms with Crippen LogP contribution in [0.15, 0.2) is 0 Å². The Morgan fingerprint density at radius 2 is 2.47 bits per heavy atom. The minimum atomic E-state index is -0.0572. The van der Waals surface area contributed by atoms with Crippen LogP contribution in [-0.4, -0.2) is 56.7 Å². The molecule has 0 radical (unpaired) electrons. The van der Waals surface area contributed by atoms with Gasteiger partial charge in [-0.3, -0.25) is 4.79 Å². The second-order valence-corrected chi connectivity index (χ2v) is 4.85. The molecule has 0 bridgehead atoms. The molecule has 0 aromatic rings. The van der Waals surface area contributed by atoms with E-state index in [0.29, 0.717) is 32.7 Å². The van der Waals surface area contributed by atoms with Crippen molar-refractivity contribution in [1.29, 1.82) is 0 Å². The normalized spacial score (nSPS) is 27.6. The molecule has 2 rings (SSSR count). The molecule has 2 N–H and O–H groups in total. The van der Waals surface area contributed by atoms with Crippen molar-refractivity contribution >= 4 is 11.9 Å². The first-order valence-corrected chi connectivity index (χ1v) is 5.94. The van der Waals surface area contributed by atoms with Gasteiger partial charge in [0.05, 0.1) is 6.61 Å². The summed E-state index contributed by atoms with van der Waals surface area (Å²) in [5.74, 6) is 0.103. The van der Waals surface area contributed by atoms with Gasteiger partial charge >= 0.3 is 6.03 Å². The first-order chi connectivity index (χ1) is 8.15. The van der Waals surface area contributed by atoms with Gasteiger partial charge in [0.15, 0.2) is 0 Å². The van der Waals surface area contributed by atoms with E-state index in [2.05, 4.69) is 10.6 Å². The average molecular weight is 241 g/mol. The molecule has 2 fully saturated rings. The molecule has 0 saturated carbocycles. The molecule has 0 aromatic carbocycles. The van der Waals surface area contributed by atoms with Crippen LogP contribution in [0.3, 0.4) is 0 Å². The smallest absolute Gasteiger partial charge is 0.317 e. The average Bonchev–Trinajstić information content (AvgIpc) is 2.87. The number of rotatable bonds is 3. The van der Waals surface area contributed by atoms with Crippen LogP contribution in [0.4, 0.5) is 4.79 Å². The fraction of sp³-hybridized carbons (Fsp3) is 0.818. The third-order valence-electron chi connectivity index (χ3n) is 3.50. The topological polar surface area (TPSA) is 70.7 Å². The largest absolute Gasteiger partial charge is 0.383 e. The van der Waals surface area contributed by atoms with Crippen molar-refractivity contribution in [2.24, 2.45) is 5.41 Å². The minimum Gasteiger partial charge on any atom is -0.383 e. The van der Waals surface area contributed by atoms with E-state index in [1.807, 2.05) is 0 Å². The molecule has 1 spiro atoms. The summed E-state index contributed by atoms with van der Waals surface area (Å²) < 4.78 is 4.87. The maximum Gasteiger partial charge on any atom is 0.317 e. The fourth-order valence-corrected chi connectivity index (χ4v) is 2.52. The maximum absolute atomic E-state index is 11.8. The van der Waals surface area contributed by atoms with Crippen molar-refractivity contribution in [1.82, 2.24) is 15.5 Å². The SMILES string of the molecule is COCCNC(=O)N1CCC2(CNC(=O)C2)C1. The summed E-state index contributed by atoms with van der Waals surface area (Å²) in [5.41, 5.74) is -0.0182. The monoisotopic (exact) mass is 241 g/mol. The molecule has 6 heteroatoms. The van der Waals surface area contributed by atoms with E-state index in [9.17, 15) is 9.59 Å². The van der Waals surface area contributed by atoms with Crippen LogP contribution >= 0.6 is 0 Å². The minimum absolute atomic E-state index is 0.0182. The van der Waals surface area contributed by atoms with Gasteiger partial charge in [-0.25, -0.2) is 4.79 Å². The van der Waals surface area contributed by atoms with Gasteiger partial charge in [0, 0.05) is 45.1 Å². The molecule has 17 heavy (non-hydrogen) atoms. The van der Waals surface area contributed by atoms with Crippen molar-refractivity contribution in [2.75, 3.05) is 39.9 Å². The zero-order chi connectivity index (χ0) is 12.3. The fourth-order valence-electron chi connectivity index (χ4n) is 2.52. The van der Waals surface area contributed by atoms with Crippen molar-refractivity contribution in [3.05, 3.63) is 0 Å². The van der Waals surface area contributed by atoms with E-state index in [4.69, 9.17) is 4.74 Å². The summed E-state index contributed by atoms with van der Waals surface area (Å²) in [4.78, 5) is 24.8. The summed E-state index contributed by atoms with van der Waals surface area (Å²) in [6.07, 6.45) is 1.46. The van der Waals surface area contributed by atoms with Gasteiger partial charge in [0.2, 0.25) is 5.91 Å². The molecule has 3 amide bonds. The Balaban J connectivity index is 1.81. The van der Waals surface area contributed by atoms with Crippen LogP contribution in [0.25, 0.3) is 0 Å². The third-order valence-corrected chi connectivity index (χ3v) is 3.50. The van der Waals surface area contributed by atoms with E-state index in [-0.39, 0.29) is 17.4 Å². The van der Waals surface area contributed by atoms with Crippen molar-refractivity contribution < 1.29 is 14.3 Å². The number of hydrogen-bond donors (Lipinski definition) is 2. The van der Waals surface area contributed by atoms with Crippen LogP contribution in [0.2, 0.25) is 0 Å². The number of hydrogen-bond acceptors (Lipinski definition) is 3. The lowest BCUT2D eigenvalue weighted by Crippen LogP contribution is -2.41. The highest BCUT2D eigenvalue weighted by Gasteiger charge is 2.45. The van der Waals surface area contributed by atoms with Gasteiger partial charge in [0.25, 0.3) is 0 Å². The quantitative estimate of drug-likeness (QED) is 0.658. The number of carbonyl (C=O) groups is 2. The van der Waals surface area contributed by atoms with E-state index in [0.717, 1.165) is 13.0 Å². The van der Waals surface area contributed by atoms with Gasteiger partial charge < -0.3 is 20.3 Å². The number of nitrogens with one attached hydrogen (secondary N) is 2.